The number of aldehydes is 1. The highest BCUT2D eigenvalue weighted by Crippen LogP contribution is 2.29. The molecule has 0 N–H and O–H groups in total. The molecule has 0 fully saturated rings. The smallest absolute Gasteiger partial charge is 0.341 e. The van der Waals surface area contributed by atoms with Gasteiger partial charge in [0.1, 0.15) is 11.3 Å². The summed E-state index contributed by atoms with van der Waals surface area (Å²) >= 11 is 3.27. The van der Waals surface area contributed by atoms with Gasteiger partial charge in [-0.2, -0.15) is 0 Å². The first-order valence-corrected chi connectivity index (χ1v) is 9.54. The molecule has 0 saturated carbocycles. The van der Waals surface area contributed by atoms with Crippen molar-refractivity contribution in [2.45, 2.75) is 19.6 Å². The third-order valence-electron chi connectivity index (χ3n) is 2.05. The predicted octanol–water partition coefficient (Wildman–Crippen LogP) is 3.26. The number of halogens is 1. The highest BCUT2D eigenvalue weighted by molar-refractivity contribution is 9.10. The van der Waals surface area contributed by atoms with Crippen LogP contribution in [0.15, 0.2) is 16.6 Å². The molecule has 6 heteroatoms. The molecule has 4 nitrogen and oxygen atoms in total. The highest BCUT2D eigenvalue weighted by Gasteiger charge is 2.22. The van der Waals surface area contributed by atoms with E-state index in [0.29, 0.717) is 22.1 Å². The molecule has 0 aliphatic rings. The van der Waals surface area contributed by atoms with Gasteiger partial charge in [0, 0.05) is 10.0 Å². The Bertz CT molecular complexity index is 480. The lowest BCUT2D eigenvalue weighted by Gasteiger charge is -2.21. The molecule has 0 heterocycles. The van der Waals surface area contributed by atoms with Crippen molar-refractivity contribution in [3.63, 3.8) is 0 Å². The highest BCUT2D eigenvalue weighted by atomic mass is 79.9. The maximum absolute atomic E-state index is 11.7. The fourth-order valence-electron chi connectivity index (χ4n) is 1.35. The van der Waals surface area contributed by atoms with Crippen LogP contribution in [-0.4, -0.2) is 27.7 Å². The first-order chi connectivity index (χ1) is 8.28. The number of rotatable bonds is 4. The van der Waals surface area contributed by atoms with E-state index < -0.39 is 14.3 Å². The van der Waals surface area contributed by atoms with Crippen LogP contribution in [0.3, 0.4) is 0 Å². The van der Waals surface area contributed by atoms with E-state index in [2.05, 4.69) is 15.9 Å². The minimum absolute atomic E-state index is 0.269. The van der Waals surface area contributed by atoms with Gasteiger partial charge in [-0.15, -0.1) is 0 Å². The quantitative estimate of drug-likeness (QED) is 0.483. The van der Waals surface area contributed by atoms with E-state index in [0.717, 1.165) is 0 Å². The first-order valence-electron chi connectivity index (χ1n) is 5.34. The minimum Gasteiger partial charge on any atom is -0.544 e. The second-order valence-corrected chi connectivity index (χ2v) is 9.98. The standard InChI is InChI=1S/C12H15BrO4Si/c1-16-12(15)9-5-8(7-14)10(13)6-11(9)17-18(2,3)4/h5-7H,1-4H3. The molecule has 1 rings (SSSR count). The van der Waals surface area contributed by atoms with Crippen LogP contribution < -0.4 is 4.43 Å². The molecule has 1 aromatic carbocycles. The lowest BCUT2D eigenvalue weighted by molar-refractivity contribution is 0.0598. The topological polar surface area (TPSA) is 52.6 Å². The van der Waals surface area contributed by atoms with Gasteiger partial charge in [-0.1, -0.05) is 0 Å². The van der Waals surface area contributed by atoms with Gasteiger partial charge in [0.2, 0.25) is 8.32 Å². The molecule has 0 radical (unpaired) electrons. The Morgan fingerprint density at radius 2 is 1.94 bits per heavy atom. The van der Waals surface area contributed by atoms with Crippen molar-refractivity contribution in [1.29, 1.82) is 0 Å². The normalized spacial score (nSPS) is 10.9. The van der Waals surface area contributed by atoms with Crippen molar-refractivity contribution >= 4 is 36.5 Å². The molecular formula is C12H15BrO4Si. The van der Waals surface area contributed by atoms with Crippen LogP contribution >= 0.6 is 15.9 Å². The molecule has 0 unspecified atom stereocenters. The maximum Gasteiger partial charge on any atom is 0.341 e. The average Bonchev–Trinajstić information content (AvgIpc) is 2.26. The summed E-state index contributed by atoms with van der Waals surface area (Å²) in [6, 6.07) is 3.10. The molecule has 0 aliphatic carbocycles. The Morgan fingerprint density at radius 1 is 1.33 bits per heavy atom. The number of ether oxygens (including phenoxy) is 1. The zero-order chi connectivity index (χ0) is 13.9. The summed E-state index contributed by atoms with van der Waals surface area (Å²) in [7, 11) is -0.561. The van der Waals surface area contributed by atoms with Crippen LogP contribution in [-0.2, 0) is 4.74 Å². The largest absolute Gasteiger partial charge is 0.544 e. The molecule has 0 spiro atoms. The second-order valence-electron chi connectivity index (χ2n) is 4.69. The Labute approximate surface area is 116 Å². The number of hydrogen-bond donors (Lipinski definition) is 0. The summed E-state index contributed by atoms with van der Waals surface area (Å²) in [6.07, 6.45) is 0.675. The van der Waals surface area contributed by atoms with Gasteiger partial charge >= 0.3 is 5.97 Å². The van der Waals surface area contributed by atoms with Crippen molar-refractivity contribution in [2.24, 2.45) is 0 Å². The molecule has 1 aromatic rings. The molecule has 0 bridgehead atoms. The van der Waals surface area contributed by atoms with E-state index in [1.807, 2.05) is 19.6 Å². The van der Waals surface area contributed by atoms with E-state index >= 15 is 0 Å². The summed E-state index contributed by atoms with van der Waals surface area (Å²) in [5, 5.41) is 0. The third-order valence-corrected chi connectivity index (χ3v) is 3.57. The van der Waals surface area contributed by atoms with Gasteiger partial charge < -0.3 is 9.16 Å². The molecule has 18 heavy (non-hydrogen) atoms. The fourth-order valence-corrected chi connectivity index (χ4v) is 2.59. The van der Waals surface area contributed by atoms with Gasteiger partial charge in [-0.3, -0.25) is 4.79 Å². The van der Waals surface area contributed by atoms with Crippen molar-refractivity contribution in [3.8, 4) is 5.75 Å². The lowest BCUT2D eigenvalue weighted by atomic mass is 10.1. The molecular weight excluding hydrogens is 316 g/mol. The van der Waals surface area contributed by atoms with Crippen LogP contribution in [0.25, 0.3) is 0 Å². The Hall–Kier alpha value is -1.14. The molecule has 0 saturated heterocycles. The maximum atomic E-state index is 11.7. The lowest BCUT2D eigenvalue weighted by Crippen LogP contribution is -2.30. The summed E-state index contributed by atoms with van der Waals surface area (Å²) < 4.78 is 11.1. The van der Waals surface area contributed by atoms with E-state index in [9.17, 15) is 9.59 Å². The van der Waals surface area contributed by atoms with Gasteiger partial charge in [-0.05, 0) is 47.7 Å². The number of esters is 1. The third kappa shape index (κ3) is 3.68. The predicted molar refractivity (Wildman–Crippen MR) is 74.8 cm³/mol. The van der Waals surface area contributed by atoms with Gasteiger partial charge in [0.15, 0.2) is 6.29 Å². The van der Waals surface area contributed by atoms with Crippen LogP contribution in [0.2, 0.25) is 19.6 Å². The first kappa shape index (κ1) is 14.9. The Balaban J connectivity index is 3.34. The summed E-state index contributed by atoms with van der Waals surface area (Å²) in [5.41, 5.74) is 0.656. The van der Waals surface area contributed by atoms with Crippen LogP contribution in [0.5, 0.6) is 5.75 Å². The van der Waals surface area contributed by atoms with E-state index in [4.69, 9.17) is 9.16 Å². The molecule has 0 aromatic heterocycles. The van der Waals surface area contributed by atoms with Crippen molar-refractivity contribution in [1.82, 2.24) is 0 Å². The van der Waals surface area contributed by atoms with E-state index in [1.54, 1.807) is 6.07 Å². The monoisotopic (exact) mass is 330 g/mol. The van der Waals surface area contributed by atoms with Crippen molar-refractivity contribution in [3.05, 3.63) is 27.7 Å². The number of benzene rings is 1. The number of methoxy groups -OCH3 is 1. The summed E-state index contributed by atoms with van der Waals surface area (Å²) in [4.78, 5) is 22.6. The zero-order valence-corrected chi connectivity index (χ0v) is 13.3. The van der Waals surface area contributed by atoms with Gasteiger partial charge in [-0.25, -0.2) is 4.79 Å². The SMILES string of the molecule is COC(=O)c1cc(C=O)c(Br)cc1O[Si](C)(C)C. The van der Waals surface area contributed by atoms with Crippen LogP contribution in [0.1, 0.15) is 20.7 Å². The molecule has 98 valence electrons. The average molecular weight is 331 g/mol. The minimum atomic E-state index is -1.86. The Kier molecular flexibility index (Phi) is 4.69. The van der Waals surface area contributed by atoms with Gasteiger partial charge in [0.05, 0.1) is 7.11 Å². The van der Waals surface area contributed by atoms with Crippen molar-refractivity contribution < 1.29 is 18.8 Å². The van der Waals surface area contributed by atoms with Crippen LogP contribution in [0, 0.1) is 0 Å². The second kappa shape index (κ2) is 5.66. The molecule has 0 aliphatic heterocycles. The molecule has 0 atom stereocenters. The summed E-state index contributed by atoms with van der Waals surface area (Å²) in [5.74, 6) is -0.0719. The molecule has 0 amide bonds. The van der Waals surface area contributed by atoms with E-state index in [1.165, 1.54) is 13.2 Å². The number of hydrogen-bond acceptors (Lipinski definition) is 4. The summed E-state index contributed by atoms with van der Waals surface area (Å²) in [6.45, 7) is 6.03. The van der Waals surface area contributed by atoms with E-state index in [-0.39, 0.29) is 5.56 Å². The number of carbonyl (C=O) groups excluding carboxylic acids is 2. The Morgan fingerprint density at radius 3 is 2.39 bits per heavy atom. The van der Waals surface area contributed by atoms with Crippen LogP contribution in [0.4, 0.5) is 0 Å². The zero-order valence-electron chi connectivity index (χ0n) is 10.7. The van der Waals surface area contributed by atoms with Crippen molar-refractivity contribution in [2.75, 3.05) is 7.11 Å². The van der Waals surface area contributed by atoms with Gasteiger partial charge in [0.25, 0.3) is 0 Å². The number of carbonyl (C=O) groups is 2. The fraction of sp³-hybridized carbons (Fsp3) is 0.333.